The number of hydrogen-bond donors (Lipinski definition) is 3. The van der Waals surface area contributed by atoms with Crippen LogP contribution in [0.5, 0.6) is 0 Å². The van der Waals surface area contributed by atoms with Gasteiger partial charge in [0.2, 0.25) is 5.91 Å². The molecule has 0 aliphatic carbocycles. The first-order chi connectivity index (χ1) is 16.0. The van der Waals surface area contributed by atoms with Gasteiger partial charge in [0.15, 0.2) is 0 Å². The van der Waals surface area contributed by atoms with Crippen LogP contribution < -0.4 is 10.6 Å². The van der Waals surface area contributed by atoms with Crippen LogP contribution in [0.3, 0.4) is 0 Å². The largest absolute Gasteiger partial charge is 0.481 e. The van der Waals surface area contributed by atoms with E-state index in [-0.39, 0.29) is 24.3 Å². The summed E-state index contributed by atoms with van der Waals surface area (Å²) in [5.74, 6) is -1.62. The molecule has 2 aromatic rings. The van der Waals surface area contributed by atoms with Crippen LogP contribution in [0.1, 0.15) is 52.7 Å². The van der Waals surface area contributed by atoms with E-state index in [9.17, 15) is 19.5 Å². The van der Waals surface area contributed by atoms with E-state index in [1.807, 2.05) is 41.3 Å². The van der Waals surface area contributed by atoms with Crippen molar-refractivity contribution in [1.29, 1.82) is 0 Å². The molecule has 2 aromatic carbocycles. The van der Waals surface area contributed by atoms with Gasteiger partial charge in [-0.3, -0.25) is 14.4 Å². The number of nitrogens with one attached hydrogen (secondary N) is 2. The summed E-state index contributed by atoms with van der Waals surface area (Å²) < 4.78 is 0. The molecule has 2 atom stereocenters. The van der Waals surface area contributed by atoms with Crippen molar-refractivity contribution < 1.29 is 19.5 Å². The summed E-state index contributed by atoms with van der Waals surface area (Å²) in [6.07, 6.45) is 2.69. The van der Waals surface area contributed by atoms with Gasteiger partial charge in [-0.05, 0) is 54.5 Å². The highest BCUT2D eigenvalue weighted by Gasteiger charge is 2.39. The highest BCUT2D eigenvalue weighted by molar-refractivity contribution is 5.94. The van der Waals surface area contributed by atoms with Gasteiger partial charge in [-0.2, -0.15) is 0 Å². The predicted octanol–water partition coefficient (Wildman–Crippen LogP) is 2.73. The number of rotatable bonds is 10. The Morgan fingerprint density at radius 3 is 2.67 bits per heavy atom. The summed E-state index contributed by atoms with van der Waals surface area (Å²) in [5.41, 5.74) is 4.25. The van der Waals surface area contributed by atoms with Crippen molar-refractivity contribution in [3.8, 4) is 0 Å². The molecule has 2 aliphatic rings. The van der Waals surface area contributed by atoms with Gasteiger partial charge >= 0.3 is 5.97 Å². The molecule has 2 aliphatic heterocycles. The summed E-state index contributed by atoms with van der Waals surface area (Å²) in [4.78, 5) is 38.6. The quantitative estimate of drug-likeness (QED) is 0.518. The number of fused-ring (bicyclic) bond motifs is 1. The maximum Gasteiger partial charge on any atom is 0.304 e. The van der Waals surface area contributed by atoms with Crippen molar-refractivity contribution >= 4 is 17.8 Å². The van der Waals surface area contributed by atoms with Crippen LogP contribution in [0, 0.1) is 5.92 Å². The van der Waals surface area contributed by atoms with E-state index in [4.69, 9.17) is 0 Å². The fraction of sp³-hybridized carbons (Fsp3) is 0.423. The molecule has 0 radical (unpaired) electrons. The Bertz CT molecular complexity index is 1010. The van der Waals surface area contributed by atoms with Crippen LogP contribution >= 0.6 is 0 Å². The second-order valence-corrected chi connectivity index (χ2v) is 8.94. The van der Waals surface area contributed by atoms with E-state index < -0.39 is 11.9 Å². The molecule has 7 nitrogen and oxygen atoms in total. The molecule has 4 rings (SSSR count). The van der Waals surface area contributed by atoms with Gasteiger partial charge in [-0.25, -0.2) is 0 Å². The number of benzene rings is 2. The van der Waals surface area contributed by atoms with E-state index in [1.54, 1.807) is 0 Å². The third kappa shape index (κ3) is 5.79. The Morgan fingerprint density at radius 2 is 1.88 bits per heavy atom. The van der Waals surface area contributed by atoms with Crippen LogP contribution in [0.15, 0.2) is 48.5 Å². The monoisotopic (exact) mass is 449 g/mol. The van der Waals surface area contributed by atoms with Gasteiger partial charge in [0.25, 0.3) is 5.91 Å². The SMILES string of the molecule is O=C(O)C[C@@H]1C[C@@H](CCNC(=O)c2ccc3c(c2)CNC3)N(CCCc2ccccc2)C1=O. The molecule has 1 fully saturated rings. The Balaban J connectivity index is 1.32. The minimum absolute atomic E-state index is 0.0536. The highest BCUT2D eigenvalue weighted by atomic mass is 16.4. The molecular formula is C26H31N3O4. The number of nitrogens with zero attached hydrogens (tertiary/aromatic N) is 1. The van der Waals surface area contributed by atoms with Gasteiger partial charge in [0.05, 0.1) is 12.3 Å². The standard InChI is InChI=1S/C26H31N3O4/c30-24(31)15-21-14-23(29(26(21)33)12-4-7-18-5-2-1-3-6-18)10-11-28-25(32)19-8-9-20-16-27-17-22(20)13-19/h1-3,5-6,8-9,13,21,23,27H,4,7,10-12,14-17H2,(H,28,32)(H,30,31)/t21-,23+/m0/s1. The molecule has 0 unspecified atom stereocenters. The van der Waals surface area contributed by atoms with Gasteiger partial charge in [-0.1, -0.05) is 36.4 Å². The van der Waals surface area contributed by atoms with Crippen LogP contribution in [-0.4, -0.2) is 46.9 Å². The van der Waals surface area contributed by atoms with Gasteiger partial charge in [0, 0.05) is 37.8 Å². The van der Waals surface area contributed by atoms with E-state index in [0.717, 1.165) is 31.5 Å². The molecule has 1 saturated heterocycles. The summed E-state index contributed by atoms with van der Waals surface area (Å²) in [5, 5.41) is 15.5. The van der Waals surface area contributed by atoms with Crippen molar-refractivity contribution in [1.82, 2.24) is 15.5 Å². The normalized spacial score (nSPS) is 19.5. The fourth-order valence-corrected chi connectivity index (χ4v) is 4.91. The fourth-order valence-electron chi connectivity index (χ4n) is 4.91. The number of hydrogen-bond acceptors (Lipinski definition) is 4. The van der Waals surface area contributed by atoms with Gasteiger partial charge < -0.3 is 20.6 Å². The molecule has 3 N–H and O–H groups in total. The van der Waals surface area contributed by atoms with E-state index >= 15 is 0 Å². The van der Waals surface area contributed by atoms with Crippen molar-refractivity contribution in [2.75, 3.05) is 13.1 Å². The lowest BCUT2D eigenvalue weighted by molar-refractivity contribution is -0.142. The number of aliphatic carboxylic acids is 1. The molecule has 2 heterocycles. The molecule has 0 saturated carbocycles. The number of carboxylic acids is 1. The molecule has 0 bridgehead atoms. The Labute approximate surface area is 194 Å². The lowest BCUT2D eigenvalue weighted by Gasteiger charge is -2.25. The van der Waals surface area contributed by atoms with Crippen molar-refractivity contribution in [3.63, 3.8) is 0 Å². The Hall–Kier alpha value is -3.19. The Morgan fingerprint density at radius 1 is 1.09 bits per heavy atom. The number of carbonyl (C=O) groups excluding carboxylic acids is 2. The van der Waals surface area contributed by atoms with Crippen LogP contribution in [0.4, 0.5) is 0 Å². The highest BCUT2D eigenvalue weighted by Crippen LogP contribution is 2.29. The van der Waals surface area contributed by atoms with Crippen LogP contribution in [-0.2, 0) is 29.1 Å². The average Bonchev–Trinajstić information content (AvgIpc) is 3.39. The van der Waals surface area contributed by atoms with Crippen LogP contribution in [0.25, 0.3) is 0 Å². The van der Waals surface area contributed by atoms with Gasteiger partial charge in [0.1, 0.15) is 0 Å². The molecule has 174 valence electrons. The van der Waals surface area contributed by atoms with Crippen LogP contribution in [0.2, 0.25) is 0 Å². The topological polar surface area (TPSA) is 98.7 Å². The smallest absolute Gasteiger partial charge is 0.304 e. The molecule has 0 aromatic heterocycles. The summed E-state index contributed by atoms with van der Waals surface area (Å²) in [6.45, 7) is 2.66. The van der Waals surface area contributed by atoms with E-state index in [1.165, 1.54) is 11.1 Å². The summed E-state index contributed by atoms with van der Waals surface area (Å²) in [6, 6.07) is 15.8. The summed E-state index contributed by atoms with van der Waals surface area (Å²) >= 11 is 0. The number of amides is 2. The molecule has 33 heavy (non-hydrogen) atoms. The zero-order valence-electron chi connectivity index (χ0n) is 18.8. The predicted molar refractivity (Wildman–Crippen MR) is 125 cm³/mol. The summed E-state index contributed by atoms with van der Waals surface area (Å²) in [7, 11) is 0. The first kappa shape index (κ1) is 23.0. The number of carbonyl (C=O) groups is 3. The minimum atomic E-state index is -0.947. The first-order valence-electron chi connectivity index (χ1n) is 11.7. The zero-order chi connectivity index (χ0) is 23.2. The number of aryl methyl sites for hydroxylation is 1. The minimum Gasteiger partial charge on any atom is -0.481 e. The van der Waals surface area contributed by atoms with Gasteiger partial charge in [-0.15, -0.1) is 0 Å². The molecule has 2 amide bonds. The number of carboxylic acid groups (broad SMARTS) is 1. The lowest BCUT2D eigenvalue weighted by Crippen LogP contribution is -2.37. The van der Waals surface area contributed by atoms with Crippen molar-refractivity contribution in [2.45, 2.75) is 51.2 Å². The molecule has 7 heteroatoms. The van der Waals surface area contributed by atoms with E-state index in [0.29, 0.717) is 31.5 Å². The average molecular weight is 450 g/mol. The van der Waals surface area contributed by atoms with Crippen molar-refractivity contribution in [3.05, 3.63) is 70.8 Å². The maximum absolute atomic E-state index is 12.9. The maximum atomic E-state index is 12.9. The van der Waals surface area contributed by atoms with E-state index in [2.05, 4.69) is 22.8 Å². The third-order valence-electron chi connectivity index (χ3n) is 6.62. The first-order valence-corrected chi connectivity index (χ1v) is 11.7. The molecule has 0 spiro atoms. The second-order valence-electron chi connectivity index (χ2n) is 8.94. The Kier molecular flexibility index (Phi) is 7.40. The number of likely N-dealkylation sites (tertiary alicyclic amines) is 1. The second kappa shape index (κ2) is 10.6. The zero-order valence-corrected chi connectivity index (χ0v) is 18.8. The third-order valence-corrected chi connectivity index (χ3v) is 6.62. The lowest BCUT2D eigenvalue weighted by atomic mass is 10.00. The molecular weight excluding hydrogens is 418 g/mol. The van der Waals surface area contributed by atoms with Crippen molar-refractivity contribution in [2.24, 2.45) is 5.92 Å².